The third-order valence-corrected chi connectivity index (χ3v) is 3.65. The van der Waals surface area contributed by atoms with Crippen LogP contribution in [-0.2, 0) is 11.8 Å². The number of carbonyl (C=O) groups excluding carboxylic acids is 1. The summed E-state index contributed by atoms with van der Waals surface area (Å²) >= 11 is 0. The number of anilines is 2. The fourth-order valence-electron chi connectivity index (χ4n) is 2.56. The van der Waals surface area contributed by atoms with E-state index < -0.39 is 10.7 Å². The number of nitrogens with one attached hydrogen (secondary N) is 1. The smallest absolute Gasteiger partial charge is 0.272 e. The quantitative estimate of drug-likeness (QED) is 0.683. The molecule has 1 N–H and O–H groups in total. The first-order valence-electron chi connectivity index (χ1n) is 6.93. The first-order chi connectivity index (χ1) is 10.9. The molecule has 1 unspecified atom stereocenters. The minimum Gasteiger partial charge on any atom is -0.378 e. The third kappa shape index (κ3) is 2.98. The summed E-state index contributed by atoms with van der Waals surface area (Å²) in [6.07, 6.45) is 3.53. The van der Waals surface area contributed by atoms with Crippen LogP contribution in [0.15, 0.2) is 30.6 Å². The first kappa shape index (κ1) is 14.9. The van der Waals surface area contributed by atoms with E-state index in [0.717, 1.165) is 6.07 Å². The molecule has 0 saturated carbocycles. The van der Waals surface area contributed by atoms with E-state index >= 15 is 0 Å². The van der Waals surface area contributed by atoms with Gasteiger partial charge >= 0.3 is 0 Å². The van der Waals surface area contributed by atoms with Gasteiger partial charge in [0.05, 0.1) is 34.6 Å². The van der Waals surface area contributed by atoms with E-state index in [4.69, 9.17) is 0 Å². The third-order valence-electron chi connectivity index (χ3n) is 3.65. The number of nitro groups is 1. The number of nitro benzene ring substituents is 1. The molecule has 2 heterocycles. The Balaban J connectivity index is 1.72. The number of aryl methyl sites for hydroxylation is 1. The van der Waals surface area contributed by atoms with E-state index in [1.54, 1.807) is 29.0 Å². The van der Waals surface area contributed by atoms with Gasteiger partial charge in [0.1, 0.15) is 0 Å². The van der Waals surface area contributed by atoms with Crippen molar-refractivity contribution in [3.63, 3.8) is 0 Å². The molecule has 3 rings (SSSR count). The highest BCUT2D eigenvalue weighted by atomic mass is 19.1. The number of rotatable bonds is 4. The van der Waals surface area contributed by atoms with Crippen LogP contribution in [-0.4, -0.2) is 33.2 Å². The predicted molar refractivity (Wildman–Crippen MR) is 80.6 cm³/mol. The summed E-state index contributed by atoms with van der Waals surface area (Å²) in [4.78, 5) is 23.6. The average molecular weight is 319 g/mol. The summed E-state index contributed by atoms with van der Waals surface area (Å²) in [5.41, 5.74) is 0.514. The van der Waals surface area contributed by atoms with Crippen LogP contribution < -0.4 is 10.2 Å². The van der Waals surface area contributed by atoms with Crippen molar-refractivity contribution in [2.45, 2.75) is 12.5 Å². The molecule has 1 fully saturated rings. The van der Waals surface area contributed by atoms with Crippen molar-refractivity contribution in [2.24, 2.45) is 7.05 Å². The van der Waals surface area contributed by atoms with Crippen LogP contribution in [0.25, 0.3) is 0 Å². The molecular formula is C14H14FN5O3. The normalized spacial score (nSPS) is 17.6. The highest BCUT2D eigenvalue weighted by Gasteiger charge is 2.31. The van der Waals surface area contributed by atoms with Crippen LogP contribution in [0.3, 0.4) is 0 Å². The van der Waals surface area contributed by atoms with Crippen LogP contribution in [0, 0.1) is 15.9 Å². The Labute approximate surface area is 130 Å². The number of hydrogen-bond donors (Lipinski definition) is 1. The van der Waals surface area contributed by atoms with Crippen molar-refractivity contribution >= 4 is 23.0 Å². The molecule has 2 aromatic rings. The van der Waals surface area contributed by atoms with E-state index in [1.807, 2.05) is 0 Å². The van der Waals surface area contributed by atoms with Gasteiger partial charge < -0.3 is 10.2 Å². The Morgan fingerprint density at radius 3 is 2.87 bits per heavy atom. The summed E-state index contributed by atoms with van der Waals surface area (Å²) < 4.78 is 15.5. The summed E-state index contributed by atoms with van der Waals surface area (Å²) in [5.74, 6) is -0.802. The number of benzene rings is 1. The summed E-state index contributed by atoms with van der Waals surface area (Å²) in [6, 6.07) is 3.11. The summed E-state index contributed by atoms with van der Waals surface area (Å²) in [5, 5.41) is 17.6. The molecule has 0 radical (unpaired) electrons. The van der Waals surface area contributed by atoms with Crippen LogP contribution in [0.1, 0.15) is 6.42 Å². The van der Waals surface area contributed by atoms with Crippen molar-refractivity contribution in [2.75, 3.05) is 16.8 Å². The zero-order valence-corrected chi connectivity index (χ0v) is 12.3. The van der Waals surface area contributed by atoms with Gasteiger partial charge in [0, 0.05) is 32.3 Å². The molecular weight excluding hydrogens is 305 g/mol. The first-order valence-corrected chi connectivity index (χ1v) is 6.93. The van der Waals surface area contributed by atoms with Gasteiger partial charge in [-0.15, -0.1) is 0 Å². The second kappa shape index (κ2) is 5.67. The molecule has 1 saturated heterocycles. The molecule has 1 aromatic heterocycles. The number of halogens is 1. The number of non-ortho nitro benzene ring substituents is 1. The summed E-state index contributed by atoms with van der Waals surface area (Å²) in [6.45, 7) is 0.376. The van der Waals surface area contributed by atoms with E-state index in [1.165, 1.54) is 12.1 Å². The fraction of sp³-hybridized carbons (Fsp3) is 0.286. The lowest BCUT2D eigenvalue weighted by molar-refractivity contribution is -0.385. The summed E-state index contributed by atoms with van der Waals surface area (Å²) in [7, 11) is 1.76. The zero-order chi connectivity index (χ0) is 16.6. The van der Waals surface area contributed by atoms with Crippen molar-refractivity contribution in [3.05, 3.63) is 46.5 Å². The predicted octanol–water partition coefficient (Wildman–Crippen LogP) is 1.68. The maximum absolute atomic E-state index is 13.9. The number of carbonyl (C=O) groups is 1. The lowest BCUT2D eigenvalue weighted by Crippen LogP contribution is -2.27. The molecule has 1 aromatic carbocycles. The SMILES string of the molecule is Cn1cc(N2CC(Nc3ccc([N+](=O)[O-])cc3F)CC2=O)cn1. The highest BCUT2D eigenvalue weighted by molar-refractivity contribution is 5.96. The highest BCUT2D eigenvalue weighted by Crippen LogP contribution is 2.25. The van der Waals surface area contributed by atoms with Gasteiger partial charge in [-0.05, 0) is 6.07 Å². The van der Waals surface area contributed by atoms with Gasteiger partial charge in [0.25, 0.3) is 5.69 Å². The molecule has 0 spiro atoms. The molecule has 1 aliphatic heterocycles. The number of aromatic nitrogens is 2. The van der Waals surface area contributed by atoms with E-state index in [0.29, 0.717) is 12.2 Å². The molecule has 1 aliphatic rings. The van der Waals surface area contributed by atoms with Crippen molar-refractivity contribution in [3.8, 4) is 0 Å². The monoisotopic (exact) mass is 319 g/mol. The van der Waals surface area contributed by atoms with Gasteiger partial charge in [-0.3, -0.25) is 19.6 Å². The van der Waals surface area contributed by atoms with Crippen LogP contribution in [0.2, 0.25) is 0 Å². The van der Waals surface area contributed by atoms with Crippen LogP contribution >= 0.6 is 0 Å². The van der Waals surface area contributed by atoms with E-state index in [2.05, 4.69) is 10.4 Å². The van der Waals surface area contributed by atoms with Gasteiger partial charge in [-0.1, -0.05) is 0 Å². The molecule has 8 nitrogen and oxygen atoms in total. The largest absolute Gasteiger partial charge is 0.378 e. The van der Waals surface area contributed by atoms with Crippen LogP contribution in [0.5, 0.6) is 0 Å². The number of nitrogens with zero attached hydrogens (tertiary/aromatic N) is 4. The average Bonchev–Trinajstić information content (AvgIpc) is 3.07. The molecule has 0 bridgehead atoms. The molecule has 23 heavy (non-hydrogen) atoms. The molecule has 1 amide bonds. The Morgan fingerprint density at radius 1 is 1.48 bits per heavy atom. The second-order valence-corrected chi connectivity index (χ2v) is 5.34. The van der Waals surface area contributed by atoms with Gasteiger partial charge in [0.2, 0.25) is 5.91 Å². The Morgan fingerprint density at radius 2 is 2.26 bits per heavy atom. The van der Waals surface area contributed by atoms with Gasteiger partial charge in [-0.25, -0.2) is 4.39 Å². The zero-order valence-electron chi connectivity index (χ0n) is 12.3. The van der Waals surface area contributed by atoms with Crippen molar-refractivity contribution < 1.29 is 14.1 Å². The van der Waals surface area contributed by atoms with Crippen molar-refractivity contribution in [1.82, 2.24) is 9.78 Å². The molecule has 9 heteroatoms. The minimum atomic E-state index is -0.716. The van der Waals surface area contributed by atoms with Crippen LogP contribution in [0.4, 0.5) is 21.5 Å². The van der Waals surface area contributed by atoms with E-state index in [9.17, 15) is 19.3 Å². The van der Waals surface area contributed by atoms with Gasteiger partial charge in [-0.2, -0.15) is 5.10 Å². The maximum atomic E-state index is 13.9. The minimum absolute atomic E-state index is 0.0854. The molecule has 0 aliphatic carbocycles. The lowest BCUT2D eigenvalue weighted by Gasteiger charge is -2.16. The Bertz CT molecular complexity index is 776. The number of hydrogen-bond acceptors (Lipinski definition) is 5. The fourth-order valence-corrected chi connectivity index (χ4v) is 2.56. The van der Waals surface area contributed by atoms with Gasteiger partial charge in [0.15, 0.2) is 5.82 Å². The Kier molecular flexibility index (Phi) is 3.68. The number of amides is 1. The lowest BCUT2D eigenvalue weighted by atomic mass is 10.2. The molecule has 1 atom stereocenters. The molecule has 120 valence electrons. The van der Waals surface area contributed by atoms with Crippen molar-refractivity contribution in [1.29, 1.82) is 0 Å². The maximum Gasteiger partial charge on any atom is 0.272 e. The second-order valence-electron chi connectivity index (χ2n) is 5.34. The Hall–Kier alpha value is -2.97. The topological polar surface area (TPSA) is 93.3 Å². The van der Waals surface area contributed by atoms with E-state index in [-0.39, 0.29) is 29.7 Å². The standard InChI is InChI=1S/C14H14FN5O3/c1-18-8-11(6-16-18)19-7-9(4-14(19)21)17-13-3-2-10(20(22)23)5-12(13)15/h2-3,5-6,8-9,17H,4,7H2,1H3.